The molecule has 1 rings (SSSR count). The van der Waals surface area contributed by atoms with E-state index in [4.69, 9.17) is 11.5 Å². The molecule has 1 saturated carbocycles. The minimum absolute atomic E-state index is 0.0324. The van der Waals surface area contributed by atoms with E-state index in [-0.39, 0.29) is 12.8 Å². The van der Waals surface area contributed by atoms with Crippen molar-refractivity contribution in [3.8, 4) is 0 Å². The van der Waals surface area contributed by atoms with E-state index in [1.54, 1.807) is 0 Å². The quantitative estimate of drug-likeness (QED) is 0.649. The maximum Gasteiger partial charge on any atom is 0.254 e. The van der Waals surface area contributed by atoms with Crippen molar-refractivity contribution >= 4 is 5.91 Å². The Bertz CT molecular complexity index is 219. The molecule has 0 spiro atoms. The highest BCUT2D eigenvalue weighted by atomic mass is 19.3. The third-order valence-electron chi connectivity index (χ3n) is 2.41. The summed E-state index contributed by atoms with van der Waals surface area (Å²) in [7, 11) is 0. The van der Waals surface area contributed by atoms with Crippen LogP contribution in [-0.4, -0.2) is 17.9 Å². The number of hydrogen-bond acceptors (Lipinski definition) is 2. The topological polar surface area (TPSA) is 69.1 Å². The van der Waals surface area contributed by atoms with Crippen molar-refractivity contribution in [1.29, 1.82) is 0 Å². The normalized spacial score (nSPS) is 34.3. The molecule has 4 N–H and O–H groups in total. The second kappa shape index (κ2) is 2.39. The lowest BCUT2D eigenvalue weighted by molar-refractivity contribution is -0.119. The molecule has 1 aliphatic rings. The Labute approximate surface area is 69.1 Å². The Morgan fingerprint density at radius 1 is 1.67 bits per heavy atom. The zero-order valence-corrected chi connectivity index (χ0v) is 6.81. The van der Waals surface area contributed by atoms with Crippen LogP contribution < -0.4 is 11.5 Å². The van der Waals surface area contributed by atoms with Crippen LogP contribution in [0.3, 0.4) is 0 Å². The molecule has 0 heterocycles. The van der Waals surface area contributed by atoms with Gasteiger partial charge >= 0.3 is 0 Å². The van der Waals surface area contributed by atoms with Gasteiger partial charge in [0.1, 0.15) is 0 Å². The van der Waals surface area contributed by atoms with Crippen LogP contribution in [0.15, 0.2) is 0 Å². The average molecular weight is 178 g/mol. The van der Waals surface area contributed by atoms with Crippen LogP contribution in [0.1, 0.15) is 19.8 Å². The fourth-order valence-electron chi connectivity index (χ4n) is 1.25. The van der Waals surface area contributed by atoms with Crippen molar-refractivity contribution in [3.05, 3.63) is 0 Å². The molecule has 0 radical (unpaired) electrons. The number of amides is 1. The predicted molar refractivity (Wildman–Crippen MR) is 39.5 cm³/mol. The minimum atomic E-state index is -2.67. The van der Waals surface area contributed by atoms with Crippen molar-refractivity contribution in [2.45, 2.75) is 31.7 Å². The van der Waals surface area contributed by atoms with Gasteiger partial charge in [-0.2, -0.15) is 0 Å². The molecule has 1 amide bonds. The number of alkyl halides is 2. The van der Waals surface area contributed by atoms with Gasteiger partial charge in [0.25, 0.3) is 5.92 Å². The summed E-state index contributed by atoms with van der Waals surface area (Å²) in [6, 6.07) is -0.955. The molecule has 0 bridgehead atoms. The lowest BCUT2D eigenvalue weighted by atomic mass is 9.99. The van der Waals surface area contributed by atoms with Crippen molar-refractivity contribution in [3.63, 3.8) is 0 Å². The van der Waals surface area contributed by atoms with E-state index < -0.39 is 23.3 Å². The Balaban J connectivity index is 2.49. The van der Waals surface area contributed by atoms with Gasteiger partial charge in [0.05, 0.1) is 6.04 Å². The molecule has 0 aromatic carbocycles. The van der Waals surface area contributed by atoms with Gasteiger partial charge in [0.2, 0.25) is 5.91 Å². The average Bonchev–Trinajstić information content (AvgIpc) is 2.30. The second-order valence-corrected chi connectivity index (χ2v) is 3.65. The zero-order chi connectivity index (χ0) is 9.57. The highest BCUT2D eigenvalue weighted by Gasteiger charge is 2.67. The molecular formula is C7H12F2N2O. The van der Waals surface area contributed by atoms with Crippen LogP contribution in [0.4, 0.5) is 8.78 Å². The maximum absolute atomic E-state index is 12.6. The molecule has 12 heavy (non-hydrogen) atoms. The molecule has 70 valence electrons. The van der Waals surface area contributed by atoms with Crippen LogP contribution >= 0.6 is 0 Å². The second-order valence-electron chi connectivity index (χ2n) is 3.65. The molecule has 0 saturated heterocycles. The van der Waals surface area contributed by atoms with Crippen LogP contribution in [0.5, 0.6) is 0 Å². The molecule has 0 aliphatic heterocycles. The molecule has 0 aromatic rings. The summed E-state index contributed by atoms with van der Waals surface area (Å²) >= 11 is 0. The summed E-state index contributed by atoms with van der Waals surface area (Å²) in [6.07, 6.45) is -0.226. The number of carbonyl (C=O) groups is 1. The van der Waals surface area contributed by atoms with Crippen LogP contribution in [-0.2, 0) is 4.79 Å². The molecule has 1 fully saturated rings. The molecule has 2 atom stereocenters. The maximum atomic E-state index is 12.6. The first-order valence-electron chi connectivity index (χ1n) is 3.71. The molecule has 2 unspecified atom stereocenters. The van der Waals surface area contributed by atoms with Crippen LogP contribution in [0, 0.1) is 5.41 Å². The third kappa shape index (κ3) is 1.41. The largest absolute Gasteiger partial charge is 0.368 e. The highest BCUT2D eigenvalue weighted by Crippen LogP contribution is 2.62. The molecule has 3 nitrogen and oxygen atoms in total. The van der Waals surface area contributed by atoms with Crippen LogP contribution in [0.2, 0.25) is 0 Å². The lowest BCUT2D eigenvalue weighted by Gasteiger charge is -2.13. The predicted octanol–water partition coefficient (Wildman–Crippen LogP) is 0.234. The number of hydrogen-bond donors (Lipinski definition) is 2. The summed E-state index contributed by atoms with van der Waals surface area (Å²) in [5.74, 6) is -3.39. The summed E-state index contributed by atoms with van der Waals surface area (Å²) < 4.78 is 25.2. The first-order chi connectivity index (χ1) is 5.28. The van der Waals surface area contributed by atoms with Crippen molar-refractivity contribution in [2.24, 2.45) is 16.9 Å². The summed E-state index contributed by atoms with van der Waals surface area (Å²) in [6.45, 7) is 1.41. The molecular weight excluding hydrogens is 166 g/mol. The molecule has 1 aliphatic carbocycles. The van der Waals surface area contributed by atoms with Gasteiger partial charge < -0.3 is 11.5 Å². The van der Waals surface area contributed by atoms with Gasteiger partial charge in [0.15, 0.2) is 0 Å². The summed E-state index contributed by atoms with van der Waals surface area (Å²) in [5, 5.41) is 0. The Morgan fingerprint density at radius 3 is 2.33 bits per heavy atom. The number of primary amides is 1. The minimum Gasteiger partial charge on any atom is -0.368 e. The van der Waals surface area contributed by atoms with Crippen molar-refractivity contribution < 1.29 is 13.6 Å². The van der Waals surface area contributed by atoms with Crippen molar-refractivity contribution in [2.75, 3.05) is 0 Å². The van der Waals surface area contributed by atoms with E-state index in [0.29, 0.717) is 0 Å². The van der Waals surface area contributed by atoms with E-state index in [1.165, 1.54) is 6.92 Å². The number of nitrogens with two attached hydrogens (primary N) is 2. The zero-order valence-electron chi connectivity index (χ0n) is 6.81. The van der Waals surface area contributed by atoms with Gasteiger partial charge in [-0.25, -0.2) is 8.78 Å². The van der Waals surface area contributed by atoms with Gasteiger partial charge in [-0.05, 0) is 6.42 Å². The highest BCUT2D eigenvalue weighted by molar-refractivity contribution is 5.79. The summed E-state index contributed by atoms with van der Waals surface area (Å²) in [5.41, 5.74) is 9.00. The Kier molecular flexibility index (Phi) is 1.87. The van der Waals surface area contributed by atoms with E-state index in [2.05, 4.69) is 0 Å². The third-order valence-corrected chi connectivity index (χ3v) is 2.41. The van der Waals surface area contributed by atoms with Gasteiger partial charge in [-0.1, -0.05) is 6.92 Å². The first-order valence-corrected chi connectivity index (χ1v) is 3.71. The smallest absolute Gasteiger partial charge is 0.254 e. The first kappa shape index (κ1) is 9.38. The van der Waals surface area contributed by atoms with Gasteiger partial charge in [-0.15, -0.1) is 0 Å². The molecule has 0 aromatic heterocycles. The number of halogens is 2. The lowest BCUT2D eigenvalue weighted by Crippen LogP contribution is -2.38. The van der Waals surface area contributed by atoms with Crippen LogP contribution in [0.25, 0.3) is 0 Å². The Morgan fingerprint density at radius 2 is 2.08 bits per heavy atom. The number of carbonyl (C=O) groups excluding carboxylic acids is 1. The SMILES string of the molecule is CC1(CC(N)C(N)=O)CC1(F)F. The fraction of sp³-hybridized carbons (Fsp3) is 0.857. The van der Waals surface area contributed by atoms with Gasteiger partial charge in [-0.3, -0.25) is 4.79 Å². The van der Waals surface area contributed by atoms with Gasteiger partial charge in [0, 0.05) is 11.8 Å². The van der Waals surface area contributed by atoms with E-state index >= 15 is 0 Å². The monoisotopic (exact) mass is 178 g/mol. The summed E-state index contributed by atoms with van der Waals surface area (Å²) in [4.78, 5) is 10.5. The molecule has 5 heteroatoms. The standard InChI is InChI=1S/C7H12F2N2O/c1-6(3-7(6,8)9)2-4(10)5(11)12/h4H,2-3,10H2,1H3,(H2,11,12). The Hall–Kier alpha value is -0.710. The van der Waals surface area contributed by atoms with E-state index in [0.717, 1.165) is 0 Å². The number of rotatable bonds is 3. The van der Waals surface area contributed by atoms with E-state index in [9.17, 15) is 13.6 Å². The fourth-order valence-corrected chi connectivity index (χ4v) is 1.25. The van der Waals surface area contributed by atoms with Crippen molar-refractivity contribution in [1.82, 2.24) is 0 Å². The van der Waals surface area contributed by atoms with E-state index in [1.807, 2.05) is 0 Å².